The lowest BCUT2D eigenvalue weighted by atomic mass is 9.92. The average molecular weight is 579 g/mol. The molecule has 0 radical (unpaired) electrons. The first-order valence-electron chi connectivity index (χ1n) is 13.7. The van der Waals surface area contributed by atoms with Crippen molar-refractivity contribution in [2.45, 2.75) is 26.2 Å². The summed E-state index contributed by atoms with van der Waals surface area (Å²) < 4.78 is 7.58. The number of anilines is 3. The van der Waals surface area contributed by atoms with Crippen LogP contribution in [0.25, 0.3) is 16.6 Å². The highest BCUT2D eigenvalue weighted by atomic mass is 16.5. The summed E-state index contributed by atoms with van der Waals surface area (Å²) in [5, 5.41) is 14.2. The number of rotatable bonds is 7. The maximum atomic E-state index is 13.1. The van der Waals surface area contributed by atoms with E-state index in [0.29, 0.717) is 23.0 Å². The van der Waals surface area contributed by atoms with Gasteiger partial charge in [0.15, 0.2) is 0 Å². The molecule has 3 heterocycles. The van der Waals surface area contributed by atoms with Gasteiger partial charge in [-0.25, -0.2) is 14.5 Å². The Morgan fingerprint density at radius 3 is 2.35 bits per heavy atom. The first-order valence-corrected chi connectivity index (χ1v) is 13.7. The number of pyridine rings is 2. The van der Waals surface area contributed by atoms with Crippen LogP contribution in [0, 0.1) is 0 Å². The molecule has 0 aliphatic rings. The molecule has 0 aliphatic carbocycles. The van der Waals surface area contributed by atoms with Gasteiger partial charge >= 0.3 is 6.03 Å². The Morgan fingerprint density at radius 2 is 1.65 bits per heavy atom. The lowest BCUT2D eigenvalue weighted by Gasteiger charge is -2.14. The van der Waals surface area contributed by atoms with Gasteiger partial charge < -0.3 is 20.3 Å². The van der Waals surface area contributed by atoms with Crippen molar-refractivity contribution in [3.63, 3.8) is 0 Å². The monoisotopic (exact) mass is 578 g/mol. The highest BCUT2D eigenvalue weighted by Gasteiger charge is 2.22. The lowest BCUT2D eigenvalue weighted by molar-refractivity contribution is 0.0957. The Morgan fingerprint density at radius 1 is 0.884 bits per heavy atom. The van der Waals surface area contributed by atoms with Crippen LogP contribution < -0.4 is 25.6 Å². The lowest BCUT2D eigenvalue weighted by Crippen LogP contribution is -2.21. The molecular weight excluding hydrogens is 544 g/mol. The number of nitrogens with one attached hydrogen (secondary N) is 3. The Kier molecular flexibility index (Phi) is 7.98. The number of fused-ring (bicyclic) bond motifs is 1. The van der Waals surface area contributed by atoms with Gasteiger partial charge in [0.1, 0.15) is 28.8 Å². The zero-order valence-corrected chi connectivity index (χ0v) is 25.0. The van der Waals surface area contributed by atoms with E-state index >= 15 is 0 Å². The topological polar surface area (TPSA) is 126 Å². The summed E-state index contributed by atoms with van der Waals surface area (Å²) >= 11 is 0. The second kappa shape index (κ2) is 11.8. The summed E-state index contributed by atoms with van der Waals surface area (Å²) in [6.45, 7) is 6.22. The van der Waals surface area contributed by atoms with Gasteiger partial charge in [-0.15, -0.1) is 0 Å². The number of aromatic nitrogens is 4. The van der Waals surface area contributed by atoms with Gasteiger partial charge in [-0.1, -0.05) is 20.8 Å². The number of urea groups is 1. The Balaban J connectivity index is 1.33. The summed E-state index contributed by atoms with van der Waals surface area (Å²) in [5.41, 5.74) is 3.09. The van der Waals surface area contributed by atoms with Crippen molar-refractivity contribution in [1.29, 1.82) is 0 Å². The zero-order chi connectivity index (χ0) is 30.7. The van der Waals surface area contributed by atoms with Gasteiger partial charge in [-0.05, 0) is 60.7 Å². The van der Waals surface area contributed by atoms with Crippen LogP contribution in [-0.2, 0) is 5.41 Å². The SMILES string of the molecule is CNC(=O)c1cc(Oc2ccc(NC(=O)Nc3cc(C(C)(C)C)nn3-c3ccc4nc(N(C)C)ccc4c3)cc2)ccn1. The maximum absolute atomic E-state index is 13.1. The van der Waals surface area contributed by atoms with E-state index in [4.69, 9.17) is 14.8 Å². The Labute approximate surface area is 249 Å². The molecule has 0 unspecified atom stereocenters. The molecule has 0 saturated heterocycles. The summed E-state index contributed by atoms with van der Waals surface area (Å²) in [6.07, 6.45) is 1.51. The van der Waals surface area contributed by atoms with Crippen LogP contribution in [0.15, 0.2) is 79.0 Å². The molecule has 220 valence electrons. The molecular formula is C32H34N8O3. The predicted octanol–water partition coefficient (Wildman–Crippen LogP) is 5.97. The normalized spacial score (nSPS) is 11.2. The molecule has 0 aliphatic heterocycles. The quantitative estimate of drug-likeness (QED) is 0.217. The van der Waals surface area contributed by atoms with E-state index < -0.39 is 6.03 Å². The molecule has 5 rings (SSSR count). The second-order valence-corrected chi connectivity index (χ2v) is 11.2. The molecule has 43 heavy (non-hydrogen) atoms. The van der Waals surface area contributed by atoms with E-state index in [-0.39, 0.29) is 17.0 Å². The third-order valence-corrected chi connectivity index (χ3v) is 6.62. The van der Waals surface area contributed by atoms with E-state index in [1.165, 1.54) is 6.20 Å². The van der Waals surface area contributed by atoms with Crippen molar-refractivity contribution in [2.75, 3.05) is 36.7 Å². The van der Waals surface area contributed by atoms with Crippen molar-refractivity contribution >= 4 is 40.2 Å². The summed E-state index contributed by atoms with van der Waals surface area (Å²) in [4.78, 5) is 35.6. The fourth-order valence-corrected chi connectivity index (χ4v) is 4.26. The summed E-state index contributed by atoms with van der Waals surface area (Å²) in [5.74, 6) is 2.11. The van der Waals surface area contributed by atoms with E-state index in [0.717, 1.165) is 28.1 Å². The molecule has 3 aromatic heterocycles. The van der Waals surface area contributed by atoms with Crippen LogP contribution in [-0.4, -0.2) is 52.8 Å². The smallest absolute Gasteiger partial charge is 0.324 e. The number of carbonyl (C=O) groups excluding carboxylic acids is 2. The zero-order valence-electron chi connectivity index (χ0n) is 25.0. The molecule has 11 heteroatoms. The number of carbonyl (C=O) groups is 2. The van der Waals surface area contributed by atoms with E-state index in [1.807, 2.05) is 55.4 Å². The number of nitrogens with zero attached hydrogens (tertiary/aromatic N) is 5. The van der Waals surface area contributed by atoms with Crippen LogP contribution >= 0.6 is 0 Å². The first-order chi connectivity index (χ1) is 20.5. The first kappa shape index (κ1) is 29.1. The molecule has 2 aromatic carbocycles. The van der Waals surface area contributed by atoms with Crippen LogP contribution in [0.3, 0.4) is 0 Å². The van der Waals surface area contributed by atoms with Gasteiger partial charge in [0.2, 0.25) is 0 Å². The summed E-state index contributed by atoms with van der Waals surface area (Å²) in [6, 6.07) is 21.5. The van der Waals surface area contributed by atoms with Crippen molar-refractivity contribution < 1.29 is 14.3 Å². The molecule has 11 nitrogen and oxygen atoms in total. The molecule has 0 atom stereocenters. The molecule has 0 saturated carbocycles. The van der Waals surface area contributed by atoms with Crippen LogP contribution in [0.1, 0.15) is 37.0 Å². The third kappa shape index (κ3) is 6.72. The van der Waals surface area contributed by atoms with Gasteiger partial charge in [0.05, 0.1) is 16.9 Å². The number of ether oxygens (including phenoxy) is 1. The van der Waals surface area contributed by atoms with E-state index in [9.17, 15) is 9.59 Å². The summed E-state index contributed by atoms with van der Waals surface area (Å²) in [7, 11) is 5.46. The standard InChI is InChI=1S/C32H34N8O3/c1-32(2,3)27-19-29(40(38-27)22-10-13-25-20(17-22)7-14-28(36-25)39(5)6)37-31(42)35-21-8-11-23(12-9-21)43-24-15-16-34-26(18-24)30(41)33-4/h7-19H,1-6H3,(H,33,41)(H2,35,37,42). The Bertz CT molecular complexity index is 1790. The van der Waals surface area contributed by atoms with Gasteiger partial charge in [0.25, 0.3) is 5.91 Å². The number of hydrogen-bond acceptors (Lipinski definition) is 7. The highest BCUT2D eigenvalue weighted by Crippen LogP contribution is 2.29. The number of hydrogen-bond donors (Lipinski definition) is 3. The fourth-order valence-electron chi connectivity index (χ4n) is 4.26. The number of amides is 3. The number of benzene rings is 2. The molecule has 5 aromatic rings. The van der Waals surface area contributed by atoms with Crippen LogP contribution in [0.5, 0.6) is 11.5 Å². The second-order valence-electron chi connectivity index (χ2n) is 11.2. The maximum Gasteiger partial charge on any atom is 0.324 e. The van der Waals surface area contributed by atoms with E-state index in [2.05, 4.69) is 41.7 Å². The molecule has 0 bridgehead atoms. The van der Waals surface area contributed by atoms with Crippen LogP contribution in [0.4, 0.5) is 22.1 Å². The minimum atomic E-state index is -0.419. The van der Waals surface area contributed by atoms with Gasteiger partial charge in [0, 0.05) is 56.0 Å². The minimum Gasteiger partial charge on any atom is -0.457 e. The van der Waals surface area contributed by atoms with Crippen molar-refractivity contribution in [3.8, 4) is 17.2 Å². The predicted molar refractivity (Wildman–Crippen MR) is 169 cm³/mol. The van der Waals surface area contributed by atoms with Crippen molar-refractivity contribution in [2.24, 2.45) is 0 Å². The van der Waals surface area contributed by atoms with Gasteiger partial charge in [-0.2, -0.15) is 5.10 Å². The van der Waals surface area contributed by atoms with Crippen LogP contribution in [0.2, 0.25) is 0 Å². The average Bonchev–Trinajstić information content (AvgIpc) is 3.41. The molecule has 3 N–H and O–H groups in total. The highest BCUT2D eigenvalue weighted by molar-refractivity contribution is 5.99. The van der Waals surface area contributed by atoms with Crippen molar-refractivity contribution in [1.82, 2.24) is 25.1 Å². The molecule has 0 fully saturated rings. The largest absolute Gasteiger partial charge is 0.457 e. The van der Waals surface area contributed by atoms with Gasteiger partial charge in [-0.3, -0.25) is 15.1 Å². The van der Waals surface area contributed by atoms with E-state index in [1.54, 1.807) is 48.1 Å². The fraction of sp³-hybridized carbons (Fsp3) is 0.219. The molecule has 0 spiro atoms. The van der Waals surface area contributed by atoms with Crippen molar-refractivity contribution in [3.05, 3.63) is 90.4 Å². The third-order valence-electron chi connectivity index (χ3n) is 6.62. The minimum absolute atomic E-state index is 0.233. The molecule has 3 amide bonds. The Hall–Kier alpha value is -5.45.